The van der Waals surface area contributed by atoms with Gasteiger partial charge in [0.15, 0.2) is 11.4 Å². The quantitative estimate of drug-likeness (QED) is 0.231. The van der Waals surface area contributed by atoms with E-state index >= 15 is 0 Å². The number of benzene rings is 2. The van der Waals surface area contributed by atoms with Crippen LogP contribution in [0.15, 0.2) is 86.3 Å². The smallest absolute Gasteiger partial charge is 0.351 e. The van der Waals surface area contributed by atoms with E-state index < -0.39 is 11.5 Å². The van der Waals surface area contributed by atoms with Crippen LogP contribution in [0, 0.1) is 11.3 Å². The van der Waals surface area contributed by atoms with Crippen LogP contribution in [0.4, 0.5) is 11.5 Å². The highest BCUT2D eigenvalue weighted by atomic mass is 32.2. The first-order valence-corrected chi connectivity index (χ1v) is 11.0. The molecule has 9 nitrogen and oxygen atoms in total. The Morgan fingerprint density at radius 3 is 2.59 bits per heavy atom. The number of carbonyl (C=O) groups excluding carboxylic acids is 1. The van der Waals surface area contributed by atoms with E-state index in [1.54, 1.807) is 55.3 Å². The molecule has 0 radical (unpaired) electrons. The van der Waals surface area contributed by atoms with Gasteiger partial charge >= 0.3 is 5.97 Å². The molecule has 0 spiro atoms. The van der Waals surface area contributed by atoms with Crippen LogP contribution < -0.4 is 15.2 Å². The summed E-state index contributed by atoms with van der Waals surface area (Å²) in [5.74, 6) is 0.253. The third-order valence-electron chi connectivity index (χ3n) is 4.78. The van der Waals surface area contributed by atoms with Crippen molar-refractivity contribution in [1.29, 1.82) is 5.26 Å². The maximum absolute atomic E-state index is 13.2. The lowest BCUT2D eigenvalue weighted by Gasteiger charge is -2.20. The van der Waals surface area contributed by atoms with Crippen molar-refractivity contribution < 1.29 is 14.3 Å². The molecule has 0 bridgehead atoms. The van der Waals surface area contributed by atoms with Crippen molar-refractivity contribution in [2.45, 2.75) is 11.8 Å². The number of carbonyl (C=O) groups is 1. The van der Waals surface area contributed by atoms with Gasteiger partial charge in [-0.1, -0.05) is 30.0 Å². The number of nitriles is 1. The third kappa shape index (κ3) is 4.42. The minimum absolute atomic E-state index is 0.116. The summed E-state index contributed by atoms with van der Waals surface area (Å²) in [4.78, 5) is 32.0. The molecule has 0 N–H and O–H groups in total. The van der Waals surface area contributed by atoms with Gasteiger partial charge in [0.1, 0.15) is 28.1 Å². The highest BCUT2D eigenvalue weighted by Crippen LogP contribution is 2.48. The topological polar surface area (TPSA) is 110 Å². The summed E-state index contributed by atoms with van der Waals surface area (Å²) in [6.07, 6.45) is 2.83. The normalized spacial score (nSPS) is 14.0. The van der Waals surface area contributed by atoms with E-state index in [4.69, 9.17) is 9.47 Å². The number of rotatable bonds is 6. The Balaban J connectivity index is 1.79. The monoisotopic (exact) mass is 473 g/mol. The van der Waals surface area contributed by atoms with Crippen molar-refractivity contribution in [1.82, 2.24) is 9.66 Å². The van der Waals surface area contributed by atoms with Crippen LogP contribution in [0.3, 0.4) is 0 Å². The lowest BCUT2D eigenvalue weighted by Crippen LogP contribution is -2.21. The van der Waals surface area contributed by atoms with Crippen LogP contribution in [-0.2, 0) is 9.53 Å². The Bertz CT molecular complexity index is 1380. The first-order valence-electron chi connectivity index (χ1n) is 10.2. The maximum atomic E-state index is 13.2. The third-order valence-corrected chi connectivity index (χ3v) is 5.92. The van der Waals surface area contributed by atoms with Crippen molar-refractivity contribution in [3.8, 4) is 11.8 Å². The molecule has 0 saturated carbocycles. The highest BCUT2D eigenvalue weighted by Gasteiger charge is 2.36. The fraction of sp³-hybridized carbons (Fsp3) is 0.125. The molecule has 2 heterocycles. The second kappa shape index (κ2) is 10.1. The maximum Gasteiger partial charge on any atom is 0.351 e. The van der Waals surface area contributed by atoms with Gasteiger partial charge in [0.25, 0.3) is 5.56 Å². The summed E-state index contributed by atoms with van der Waals surface area (Å²) >= 11 is 0.989. The second-order valence-corrected chi connectivity index (χ2v) is 7.85. The van der Waals surface area contributed by atoms with Crippen molar-refractivity contribution in [3.63, 3.8) is 0 Å². The first-order chi connectivity index (χ1) is 16.6. The highest BCUT2D eigenvalue weighted by molar-refractivity contribution is 8.03. The molecular formula is C24H19N5O4S. The van der Waals surface area contributed by atoms with Crippen LogP contribution in [0.1, 0.15) is 12.5 Å². The average Bonchev–Trinajstić information content (AvgIpc) is 3.25. The number of para-hydroxylation sites is 1. The molecule has 170 valence electrons. The standard InChI is InChI=1S/C24H19N5O4S/c1-3-33-24(31)19(13-25)23-29(17-7-5-4-6-8-17)21-20(34-23)22(30)28(15-26-21)27-14-16-9-11-18(32-2)12-10-16/h4-12,14-15H,3H2,1-2H3/b23-19-,27-14+. The molecule has 1 aliphatic heterocycles. The number of aromatic nitrogens is 2. The number of hydrogen-bond acceptors (Lipinski definition) is 9. The van der Waals surface area contributed by atoms with Crippen LogP contribution in [0.2, 0.25) is 0 Å². The zero-order valence-corrected chi connectivity index (χ0v) is 19.2. The van der Waals surface area contributed by atoms with Crippen molar-refractivity contribution >= 4 is 35.5 Å². The lowest BCUT2D eigenvalue weighted by atomic mass is 10.2. The number of thioether (sulfide) groups is 1. The van der Waals surface area contributed by atoms with Crippen LogP contribution in [-0.4, -0.2) is 35.6 Å². The van der Waals surface area contributed by atoms with Gasteiger partial charge in [0, 0.05) is 5.69 Å². The number of methoxy groups -OCH3 is 1. The average molecular weight is 474 g/mol. The zero-order valence-electron chi connectivity index (χ0n) is 18.3. The molecule has 0 unspecified atom stereocenters. The molecule has 3 aromatic rings. The Labute approximate surface area is 199 Å². The molecule has 0 atom stereocenters. The molecule has 0 aliphatic carbocycles. The summed E-state index contributed by atoms with van der Waals surface area (Å²) in [5, 5.41) is 14.2. The molecule has 34 heavy (non-hydrogen) atoms. The van der Waals surface area contributed by atoms with E-state index in [0.717, 1.165) is 22.0 Å². The minimum atomic E-state index is -0.765. The number of anilines is 2. The van der Waals surface area contributed by atoms with Gasteiger partial charge in [-0.3, -0.25) is 9.69 Å². The van der Waals surface area contributed by atoms with E-state index in [1.807, 2.05) is 24.3 Å². The van der Waals surface area contributed by atoms with Gasteiger partial charge in [0.2, 0.25) is 0 Å². The second-order valence-electron chi connectivity index (χ2n) is 6.85. The largest absolute Gasteiger partial charge is 0.497 e. The van der Waals surface area contributed by atoms with Crippen LogP contribution in [0.25, 0.3) is 0 Å². The molecule has 1 aromatic heterocycles. The number of ether oxygens (including phenoxy) is 2. The Morgan fingerprint density at radius 1 is 1.21 bits per heavy atom. The Kier molecular flexibility index (Phi) is 6.75. The fourth-order valence-corrected chi connectivity index (χ4v) is 4.30. The SMILES string of the molecule is CCOC(=O)/C(C#N)=C1\Sc2c(ncn(/N=C/c3ccc(OC)cc3)c2=O)N1c1ccccc1. The molecule has 2 aromatic carbocycles. The van der Waals surface area contributed by atoms with Crippen molar-refractivity contribution in [2.75, 3.05) is 18.6 Å². The molecule has 1 aliphatic rings. The van der Waals surface area contributed by atoms with Crippen molar-refractivity contribution in [2.24, 2.45) is 5.10 Å². The minimum Gasteiger partial charge on any atom is -0.497 e. The van der Waals surface area contributed by atoms with Gasteiger partial charge < -0.3 is 9.47 Å². The van der Waals surface area contributed by atoms with E-state index in [-0.39, 0.29) is 22.1 Å². The van der Waals surface area contributed by atoms with Crippen LogP contribution >= 0.6 is 11.8 Å². The first kappa shape index (κ1) is 22.8. The summed E-state index contributed by atoms with van der Waals surface area (Å²) in [5.41, 5.74) is 0.770. The number of hydrogen-bond donors (Lipinski definition) is 0. The van der Waals surface area contributed by atoms with Gasteiger partial charge in [-0.2, -0.15) is 15.0 Å². The Morgan fingerprint density at radius 2 is 1.94 bits per heavy atom. The van der Waals surface area contributed by atoms with Gasteiger partial charge in [-0.25, -0.2) is 9.78 Å². The molecular weight excluding hydrogens is 454 g/mol. The number of nitrogens with zero attached hydrogens (tertiary/aromatic N) is 5. The molecule has 10 heteroatoms. The van der Waals surface area contributed by atoms with E-state index in [0.29, 0.717) is 17.3 Å². The van der Waals surface area contributed by atoms with Crippen LogP contribution in [0.5, 0.6) is 5.75 Å². The summed E-state index contributed by atoms with van der Waals surface area (Å²) < 4.78 is 11.3. The zero-order chi connectivity index (χ0) is 24.1. The van der Waals surface area contributed by atoms with Gasteiger partial charge in [0.05, 0.1) is 19.9 Å². The summed E-state index contributed by atoms with van der Waals surface area (Å²) in [7, 11) is 1.58. The predicted molar refractivity (Wildman–Crippen MR) is 128 cm³/mol. The molecule has 4 rings (SSSR count). The Hall–Kier alpha value is -4.36. The predicted octanol–water partition coefficient (Wildman–Crippen LogP) is 3.68. The number of fused-ring (bicyclic) bond motifs is 1. The van der Waals surface area contributed by atoms with E-state index in [2.05, 4.69) is 10.1 Å². The van der Waals surface area contributed by atoms with E-state index in [9.17, 15) is 14.9 Å². The molecule has 0 fully saturated rings. The summed E-state index contributed by atoms with van der Waals surface area (Å²) in [6, 6.07) is 18.2. The van der Waals surface area contributed by atoms with Crippen molar-refractivity contribution in [3.05, 3.63) is 87.4 Å². The van der Waals surface area contributed by atoms with Gasteiger partial charge in [-0.05, 0) is 48.9 Å². The fourth-order valence-electron chi connectivity index (χ4n) is 3.17. The molecule has 0 saturated heterocycles. The number of esters is 1. The molecule has 0 amide bonds. The van der Waals surface area contributed by atoms with Gasteiger partial charge in [-0.15, -0.1) is 0 Å². The summed E-state index contributed by atoms with van der Waals surface area (Å²) in [6.45, 7) is 1.77. The lowest BCUT2D eigenvalue weighted by molar-refractivity contribution is -0.138. The van der Waals surface area contributed by atoms with E-state index in [1.165, 1.54) is 12.5 Å².